The van der Waals surface area contributed by atoms with Crippen molar-refractivity contribution in [1.82, 2.24) is 0 Å². The summed E-state index contributed by atoms with van der Waals surface area (Å²) in [7, 11) is 0. The van der Waals surface area contributed by atoms with E-state index in [4.69, 9.17) is 4.99 Å². The summed E-state index contributed by atoms with van der Waals surface area (Å²) in [6.07, 6.45) is 1.29. The van der Waals surface area contributed by atoms with Gasteiger partial charge in [-0.05, 0) is 38.3 Å². The zero-order valence-corrected chi connectivity index (χ0v) is 13.4. The number of ketones is 1. The summed E-state index contributed by atoms with van der Waals surface area (Å²) in [6.45, 7) is 6.37. The molecule has 0 aliphatic carbocycles. The van der Waals surface area contributed by atoms with Crippen LogP contribution in [0.2, 0.25) is 0 Å². The van der Waals surface area contributed by atoms with Crippen LogP contribution in [0, 0.1) is 6.92 Å². The van der Waals surface area contributed by atoms with Crippen LogP contribution in [0.1, 0.15) is 47.3 Å². The molecule has 0 N–H and O–H groups in total. The Kier molecular flexibility index (Phi) is 3.69. The molecule has 2 aromatic rings. The lowest BCUT2D eigenvalue weighted by molar-refractivity contribution is 0.100. The van der Waals surface area contributed by atoms with Gasteiger partial charge in [-0.2, -0.15) is 0 Å². The highest BCUT2D eigenvalue weighted by Crippen LogP contribution is 2.29. The fourth-order valence-electron chi connectivity index (χ4n) is 3.09. The summed E-state index contributed by atoms with van der Waals surface area (Å²) in [5.74, 6) is 0.128. The van der Waals surface area contributed by atoms with Gasteiger partial charge < -0.3 is 0 Å². The Bertz CT molecular complexity index is 742. The Morgan fingerprint density at radius 2 is 1.86 bits per heavy atom. The summed E-state index contributed by atoms with van der Waals surface area (Å²) >= 11 is 0. The van der Waals surface area contributed by atoms with Gasteiger partial charge in [0.2, 0.25) is 0 Å². The average molecular weight is 291 g/mol. The monoisotopic (exact) mass is 291 g/mol. The van der Waals surface area contributed by atoms with Crippen molar-refractivity contribution in [2.75, 3.05) is 0 Å². The standard InChI is InChI=1S/C20H21NO/c1-14-9-10-17-16(11-14)13-20(2,3)21-18(17)12-19(22)15-7-5-4-6-8-15/h4-11H,12-13H2,1-3H3. The van der Waals surface area contributed by atoms with Crippen LogP contribution >= 0.6 is 0 Å². The van der Waals surface area contributed by atoms with E-state index in [0.29, 0.717) is 6.42 Å². The van der Waals surface area contributed by atoms with E-state index in [1.165, 1.54) is 11.1 Å². The van der Waals surface area contributed by atoms with Gasteiger partial charge in [-0.15, -0.1) is 0 Å². The van der Waals surface area contributed by atoms with Crippen LogP contribution in [0.25, 0.3) is 0 Å². The molecule has 0 bridgehead atoms. The second-order valence-electron chi connectivity index (χ2n) is 6.67. The van der Waals surface area contributed by atoms with Crippen molar-refractivity contribution < 1.29 is 4.79 Å². The maximum Gasteiger partial charge on any atom is 0.168 e. The number of fused-ring (bicyclic) bond motifs is 1. The first-order chi connectivity index (χ1) is 10.4. The minimum absolute atomic E-state index is 0.128. The molecule has 0 saturated heterocycles. The zero-order chi connectivity index (χ0) is 15.7. The van der Waals surface area contributed by atoms with E-state index >= 15 is 0 Å². The molecule has 112 valence electrons. The van der Waals surface area contributed by atoms with Crippen molar-refractivity contribution in [2.24, 2.45) is 4.99 Å². The summed E-state index contributed by atoms with van der Waals surface area (Å²) < 4.78 is 0. The molecule has 2 nitrogen and oxygen atoms in total. The van der Waals surface area contributed by atoms with Crippen molar-refractivity contribution in [2.45, 2.75) is 39.2 Å². The van der Waals surface area contributed by atoms with E-state index in [1.807, 2.05) is 30.3 Å². The van der Waals surface area contributed by atoms with Crippen LogP contribution < -0.4 is 0 Å². The van der Waals surface area contributed by atoms with Crippen LogP contribution in [0.3, 0.4) is 0 Å². The van der Waals surface area contributed by atoms with Crippen LogP contribution in [-0.2, 0) is 6.42 Å². The van der Waals surface area contributed by atoms with E-state index in [1.54, 1.807) is 0 Å². The largest absolute Gasteiger partial charge is 0.294 e. The SMILES string of the molecule is Cc1ccc2c(c1)CC(C)(C)N=C2CC(=O)c1ccccc1. The number of aryl methyl sites for hydroxylation is 1. The lowest BCUT2D eigenvalue weighted by Crippen LogP contribution is -2.30. The molecular weight excluding hydrogens is 270 g/mol. The maximum absolute atomic E-state index is 12.5. The highest BCUT2D eigenvalue weighted by Gasteiger charge is 2.27. The number of Topliss-reactive ketones (excluding diaryl/α,β-unsaturated/α-hetero) is 1. The van der Waals surface area contributed by atoms with Gasteiger partial charge in [0.25, 0.3) is 0 Å². The molecule has 0 radical (unpaired) electrons. The van der Waals surface area contributed by atoms with Crippen molar-refractivity contribution in [3.8, 4) is 0 Å². The minimum atomic E-state index is -0.146. The predicted octanol–water partition coefficient (Wildman–Crippen LogP) is 4.39. The molecule has 1 heterocycles. The van der Waals surface area contributed by atoms with Crippen molar-refractivity contribution in [3.05, 3.63) is 70.8 Å². The third kappa shape index (κ3) is 3.01. The average Bonchev–Trinajstić information content (AvgIpc) is 2.46. The molecule has 0 atom stereocenters. The molecule has 0 aromatic heterocycles. The lowest BCUT2D eigenvalue weighted by atomic mass is 9.84. The Hall–Kier alpha value is -2.22. The number of nitrogens with zero attached hydrogens (tertiary/aromatic N) is 1. The quantitative estimate of drug-likeness (QED) is 0.771. The van der Waals surface area contributed by atoms with Gasteiger partial charge in [0.15, 0.2) is 5.78 Å². The normalized spacial score (nSPS) is 15.9. The van der Waals surface area contributed by atoms with E-state index in [2.05, 4.69) is 39.0 Å². The second kappa shape index (κ2) is 5.53. The van der Waals surface area contributed by atoms with Crippen molar-refractivity contribution >= 4 is 11.5 Å². The fraction of sp³-hybridized carbons (Fsp3) is 0.300. The lowest BCUT2D eigenvalue weighted by Gasteiger charge is -2.29. The Balaban J connectivity index is 1.95. The number of carbonyl (C=O) groups excluding carboxylic acids is 1. The number of hydrogen-bond donors (Lipinski definition) is 0. The maximum atomic E-state index is 12.5. The summed E-state index contributed by atoms with van der Waals surface area (Å²) in [6, 6.07) is 15.9. The molecule has 1 aliphatic heterocycles. The third-order valence-electron chi connectivity index (χ3n) is 4.06. The molecule has 2 aromatic carbocycles. The summed E-state index contributed by atoms with van der Waals surface area (Å²) in [5, 5.41) is 0. The second-order valence-corrected chi connectivity index (χ2v) is 6.67. The first kappa shape index (κ1) is 14.7. The third-order valence-corrected chi connectivity index (χ3v) is 4.06. The summed E-state index contributed by atoms with van der Waals surface area (Å²) in [5.41, 5.74) is 5.21. The first-order valence-electron chi connectivity index (χ1n) is 7.71. The number of hydrogen-bond acceptors (Lipinski definition) is 2. The van der Waals surface area contributed by atoms with Gasteiger partial charge in [-0.3, -0.25) is 9.79 Å². The molecule has 0 amide bonds. The molecule has 0 saturated carbocycles. The first-order valence-corrected chi connectivity index (χ1v) is 7.71. The van der Waals surface area contributed by atoms with Gasteiger partial charge >= 0.3 is 0 Å². The zero-order valence-electron chi connectivity index (χ0n) is 13.4. The van der Waals surface area contributed by atoms with Crippen LogP contribution in [0.5, 0.6) is 0 Å². The fourth-order valence-corrected chi connectivity index (χ4v) is 3.09. The van der Waals surface area contributed by atoms with Gasteiger partial charge in [0.1, 0.15) is 0 Å². The highest BCUT2D eigenvalue weighted by molar-refractivity contribution is 6.16. The van der Waals surface area contributed by atoms with E-state index < -0.39 is 0 Å². The Morgan fingerprint density at radius 3 is 2.59 bits per heavy atom. The van der Waals surface area contributed by atoms with Crippen LogP contribution in [0.15, 0.2) is 53.5 Å². The molecule has 1 aliphatic rings. The van der Waals surface area contributed by atoms with Crippen LogP contribution in [-0.4, -0.2) is 17.0 Å². The van der Waals surface area contributed by atoms with Gasteiger partial charge in [0, 0.05) is 5.56 Å². The number of rotatable bonds is 3. The molecule has 0 fully saturated rings. The number of carbonyl (C=O) groups is 1. The van der Waals surface area contributed by atoms with Gasteiger partial charge in [-0.1, -0.05) is 54.1 Å². The molecule has 0 unspecified atom stereocenters. The number of aliphatic imine (C=N–C) groups is 1. The van der Waals surface area contributed by atoms with E-state index in [-0.39, 0.29) is 11.3 Å². The van der Waals surface area contributed by atoms with Gasteiger partial charge in [0.05, 0.1) is 17.7 Å². The molecule has 2 heteroatoms. The summed E-state index contributed by atoms with van der Waals surface area (Å²) in [4.78, 5) is 17.4. The molecule has 22 heavy (non-hydrogen) atoms. The molecular formula is C20H21NO. The number of benzene rings is 2. The highest BCUT2D eigenvalue weighted by atomic mass is 16.1. The van der Waals surface area contributed by atoms with Crippen molar-refractivity contribution in [3.63, 3.8) is 0 Å². The molecule has 0 spiro atoms. The minimum Gasteiger partial charge on any atom is -0.294 e. The smallest absolute Gasteiger partial charge is 0.168 e. The topological polar surface area (TPSA) is 29.4 Å². The van der Waals surface area contributed by atoms with Gasteiger partial charge in [-0.25, -0.2) is 0 Å². The van der Waals surface area contributed by atoms with E-state index in [9.17, 15) is 4.79 Å². The van der Waals surface area contributed by atoms with Crippen molar-refractivity contribution in [1.29, 1.82) is 0 Å². The Labute approximate surface area is 131 Å². The van der Waals surface area contributed by atoms with Crippen LogP contribution in [0.4, 0.5) is 0 Å². The Morgan fingerprint density at radius 1 is 1.14 bits per heavy atom. The molecule has 3 rings (SSSR count). The predicted molar refractivity (Wildman–Crippen MR) is 90.9 cm³/mol. The van der Waals surface area contributed by atoms with E-state index in [0.717, 1.165) is 23.3 Å².